The van der Waals surface area contributed by atoms with Gasteiger partial charge >= 0.3 is 5.97 Å². The number of carbonyl (C=O) groups excluding carboxylic acids is 1. The predicted octanol–water partition coefficient (Wildman–Crippen LogP) is 0.372. The van der Waals surface area contributed by atoms with Crippen LogP contribution in [-0.2, 0) is 9.53 Å². The highest BCUT2D eigenvalue weighted by atomic mass is 16.6. The van der Waals surface area contributed by atoms with E-state index in [4.69, 9.17) is 0 Å². The number of rotatable bonds is 2. The van der Waals surface area contributed by atoms with Gasteiger partial charge in [-0.25, -0.2) is 4.79 Å². The van der Waals surface area contributed by atoms with Crippen molar-refractivity contribution in [2.45, 2.75) is 18.9 Å². The zero-order valence-corrected chi connectivity index (χ0v) is 8.10. The first-order valence-electron chi connectivity index (χ1n) is 4.21. The molecule has 0 amide bonds. The molecule has 0 spiro atoms. The van der Waals surface area contributed by atoms with E-state index in [9.17, 15) is 14.9 Å². The highest BCUT2D eigenvalue weighted by Crippen LogP contribution is 2.25. The van der Waals surface area contributed by atoms with E-state index >= 15 is 0 Å². The number of methoxy groups -OCH3 is 1. The Hall–Kier alpha value is -1.59. The molecule has 1 saturated heterocycles. The molecule has 0 radical (unpaired) electrons. The van der Waals surface area contributed by atoms with Gasteiger partial charge in [-0.3, -0.25) is 10.1 Å². The average Bonchev–Trinajstić information content (AvgIpc) is 2.46. The summed E-state index contributed by atoms with van der Waals surface area (Å²) in [6, 6.07) is -0.383. The van der Waals surface area contributed by atoms with Gasteiger partial charge < -0.3 is 9.64 Å². The predicted molar refractivity (Wildman–Crippen MR) is 47.9 cm³/mol. The molecule has 0 aromatic carbocycles. The van der Waals surface area contributed by atoms with E-state index in [1.807, 2.05) is 0 Å². The lowest BCUT2D eigenvalue weighted by Crippen LogP contribution is -2.33. The molecule has 1 fully saturated rings. The van der Waals surface area contributed by atoms with Crippen LogP contribution in [0.1, 0.15) is 12.8 Å². The van der Waals surface area contributed by atoms with Crippen molar-refractivity contribution in [3.63, 3.8) is 0 Å². The zero-order valence-electron chi connectivity index (χ0n) is 8.10. The van der Waals surface area contributed by atoms with Crippen LogP contribution in [0, 0.1) is 10.1 Å². The highest BCUT2D eigenvalue weighted by Gasteiger charge is 2.32. The van der Waals surface area contributed by atoms with Crippen LogP contribution in [0.15, 0.2) is 11.9 Å². The maximum Gasteiger partial charge on any atom is 0.328 e. The number of likely N-dealkylation sites (N-methyl/N-ethyl adjacent to an activating group) is 1. The summed E-state index contributed by atoms with van der Waals surface area (Å²) in [7, 11) is 2.97. The number of hydrogen-bond acceptors (Lipinski definition) is 5. The standard InChI is InChI=1S/C8H12N2O4/c1-9-6(5-10(12)13)3-4-7(9)8(11)14-2/h5,7H,3-4H2,1-2H3/b6-5+/t7-/m0/s1. The minimum atomic E-state index is -0.508. The van der Waals surface area contributed by atoms with Gasteiger partial charge in [0.1, 0.15) is 6.04 Å². The molecule has 1 aliphatic heterocycles. The molecule has 0 saturated carbocycles. The Kier molecular flexibility index (Phi) is 3.06. The number of ether oxygens (including phenoxy) is 1. The molecule has 78 valence electrons. The van der Waals surface area contributed by atoms with Gasteiger partial charge in [-0.1, -0.05) is 0 Å². The second kappa shape index (κ2) is 4.08. The third-order valence-electron chi connectivity index (χ3n) is 2.32. The minimum Gasteiger partial charge on any atom is -0.467 e. The van der Waals surface area contributed by atoms with E-state index in [2.05, 4.69) is 4.74 Å². The summed E-state index contributed by atoms with van der Waals surface area (Å²) in [4.78, 5) is 22.5. The lowest BCUT2D eigenvalue weighted by molar-refractivity contribution is -0.404. The van der Waals surface area contributed by atoms with Gasteiger partial charge in [0, 0.05) is 7.05 Å². The second-order valence-corrected chi connectivity index (χ2v) is 3.09. The van der Waals surface area contributed by atoms with Crippen molar-refractivity contribution in [1.82, 2.24) is 4.90 Å². The fourth-order valence-electron chi connectivity index (χ4n) is 1.54. The smallest absolute Gasteiger partial charge is 0.328 e. The molecule has 14 heavy (non-hydrogen) atoms. The minimum absolute atomic E-state index is 0.348. The Bertz CT molecular complexity index is 287. The maximum absolute atomic E-state index is 11.2. The van der Waals surface area contributed by atoms with Crippen LogP contribution in [0.5, 0.6) is 0 Å². The van der Waals surface area contributed by atoms with Crippen molar-refractivity contribution in [3.05, 3.63) is 22.0 Å². The summed E-state index contributed by atoms with van der Waals surface area (Å²) in [5, 5.41) is 10.2. The maximum atomic E-state index is 11.2. The number of hydrogen-bond donors (Lipinski definition) is 0. The molecule has 6 nitrogen and oxygen atoms in total. The molecular formula is C8H12N2O4. The van der Waals surface area contributed by atoms with E-state index in [1.165, 1.54) is 7.11 Å². The van der Waals surface area contributed by atoms with Crippen LogP contribution in [0.2, 0.25) is 0 Å². The molecule has 1 heterocycles. The van der Waals surface area contributed by atoms with Crippen molar-refractivity contribution in [3.8, 4) is 0 Å². The molecule has 1 rings (SSSR count). The number of allylic oxidation sites excluding steroid dienone is 1. The van der Waals surface area contributed by atoms with Gasteiger partial charge in [0.15, 0.2) is 0 Å². The van der Waals surface area contributed by atoms with Crippen molar-refractivity contribution in [2.24, 2.45) is 0 Å². The Balaban J connectivity index is 2.73. The number of esters is 1. The molecule has 0 unspecified atom stereocenters. The fraction of sp³-hybridized carbons (Fsp3) is 0.625. The van der Waals surface area contributed by atoms with Crippen molar-refractivity contribution < 1.29 is 14.5 Å². The van der Waals surface area contributed by atoms with Crippen LogP contribution < -0.4 is 0 Å². The van der Waals surface area contributed by atoms with Crippen LogP contribution in [0.3, 0.4) is 0 Å². The molecule has 0 N–H and O–H groups in total. The van der Waals surface area contributed by atoms with Crippen molar-refractivity contribution in [2.75, 3.05) is 14.2 Å². The lowest BCUT2D eigenvalue weighted by Gasteiger charge is -2.18. The van der Waals surface area contributed by atoms with E-state index in [0.29, 0.717) is 18.5 Å². The average molecular weight is 200 g/mol. The van der Waals surface area contributed by atoms with Crippen LogP contribution in [0.25, 0.3) is 0 Å². The van der Waals surface area contributed by atoms with Crippen molar-refractivity contribution in [1.29, 1.82) is 0 Å². The van der Waals surface area contributed by atoms with Crippen molar-refractivity contribution >= 4 is 5.97 Å². The molecule has 6 heteroatoms. The van der Waals surface area contributed by atoms with Crippen LogP contribution in [-0.4, -0.2) is 36.0 Å². The third-order valence-corrected chi connectivity index (χ3v) is 2.32. The molecule has 1 aliphatic rings. The number of nitrogens with zero attached hydrogens (tertiary/aromatic N) is 2. The van der Waals surface area contributed by atoms with E-state index in [-0.39, 0.29) is 12.0 Å². The molecule has 0 bridgehead atoms. The van der Waals surface area contributed by atoms with E-state index in [0.717, 1.165) is 6.20 Å². The highest BCUT2D eigenvalue weighted by molar-refractivity contribution is 5.76. The monoisotopic (exact) mass is 200 g/mol. The Labute approximate surface area is 81.3 Å². The Morgan fingerprint density at radius 2 is 2.43 bits per heavy atom. The second-order valence-electron chi connectivity index (χ2n) is 3.09. The normalized spacial score (nSPS) is 24.0. The first-order chi connectivity index (χ1) is 6.56. The summed E-state index contributed by atoms with van der Waals surface area (Å²) in [6.07, 6.45) is 2.04. The van der Waals surface area contributed by atoms with Crippen LogP contribution >= 0.6 is 0 Å². The number of nitro groups is 1. The quantitative estimate of drug-likeness (QED) is 0.366. The molecule has 0 aromatic rings. The van der Waals surface area contributed by atoms with Gasteiger partial charge in [-0.2, -0.15) is 0 Å². The Morgan fingerprint density at radius 3 is 2.93 bits per heavy atom. The summed E-state index contributed by atoms with van der Waals surface area (Å²) < 4.78 is 4.58. The summed E-state index contributed by atoms with van der Waals surface area (Å²) >= 11 is 0. The summed E-state index contributed by atoms with van der Waals surface area (Å²) in [5.74, 6) is -0.348. The topological polar surface area (TPSA) is 72.7 Å². The van der Waals surface area contributed by atoms with Gasteiger partial charge in [0.05, 0.1) is 17.7 Å². The molecule has 0 aliphatic carbocycles. The van der Waals surface area contributed by atoms with E-state index < -0.39 is 4.92 Å². The molecule has 0 aromatic heterocycles. The van der Waals surface area contributed by atoms with E-state index in [1.54, 1.807) is 11.9 Å². The SMILES string of the molecule is COC(=O)[C@@H]1CC/C(=C\[N+](=O)[O-])N1C. The van der Waals surface area contributed by atoms with Gasteiger partial charge in [0.25, 0.3) is 6.20 Å². The largest absolute Gasteiger partial charge is 0.467 e. The molecule has 1 atom stereocenters. The molecular weight excluding hydrogens is 188 g/mol. The number of carbonyl (C=O) groups is 1. The van der Waals surface area contributed by atoms with Gasteiger partial charge in [-0.15, -0.1) is 0 Å². The number of likely N-dealkylation sites (tertiary alicyclic amines) is 1. The first kappa shape index (κ1) is 10.5. The lowest BCUT2D eigenvalue weighted by atomic mass is 10.2. The fourth-order valence-corrected chi connectivity index (χ4v) is 1.54. The van der Waals surface area contributed by atoms with Gasteiger partial charge in [0.2, 0.25) is 0 Å². The van der Waals surface area contributed by atoms with Gasteiger partial charge in [-0.05, 0) is 12.8 Å². The summed E-state index contributed by atoms with van der Waals surface area (Å²) in [6.45, 7) is 0. The first-order valence-corrected chi connectivity index (χ1v) is 4.21. The zero-order chi connectivity index (χ0) is 10.7. The Morgan fingerprint density at radius 1 is 1.79 bits per heavy atom. The summed E-state index contributed by atoms with van der Waals surface area (Å²) in [5.41, 5.74) is 0.561. The third kappa shape index (κ3) is 2.01. The van der Waals surface area contributed by atoms with Crippen LogP contribution in [0.4, 0.5) is 0 Å².